The molecule has 3 rings (SSSR count). The van der Waals surface area contributed by atoms with Crippen molar-refractivity contribution in [1.82, 2.24) is 4.90 Å². The quantitative estimate of drug-likeness (QED) is 0.234. The van der Waals surface area contributed by atoms with Crippen LogP contribution < -0.4 is 4.74 Å². The van der Waals surface area contributed by atoms with Crippen molar-refractivity contribution < 1.29 is 9.84 Å². The molecule has 0 unspecified atom stereocenters. The van der Waals surface area contributed by atoms with Crippen LogP contribution in [0.15, 0.2) is 72.8 Å². The van der Waals surface area contributed by atoms with E-state index < -0.39 is 0 Å². The van der Waals surface area contributed by atoms with Crippen molar-refractivity contribution in [3.05, 3.63) is 95.1 Å². The van der Waals surface area contributed by atoms with Crippen LogP contribution in [0.1, 0.15) is 82.1 Å². The average Bonchev–Trinajstić information content (AvgIpc) is 2.87. The molecule has 194 valence electrons. The molecule has 3 aromatic rings. The van der Waals surface area contributed by atoms with Crippen molar-refractivity contribution in [3.63, 3.8) is 0 Å². The second kappa shape index (κ2) is 14.1. The lowest BCUT2D eigenvalue weighted by Gasteiger charge is -2.32. The summed E-state index contributed by atoms with van der Waals surface area (Å²) in [4.78, 5) is 2.53. The summed E-state index contributed by atoms with van der Waals surface area (Å²) >= 11 is 0. The van der Waals surface area contributed by atoms with Crippen LogP contribution in [0.5, 0.6) is 11.5 Å². The first-order valence-corrected chi connectivity index (χ1v) is 13.7. The van der Waals surface area contributed by atoms with Crippen LogP contribution in [0.3, 0.4) is 0 Å². The van der Waals surface area contributed by atoms with Gasteiger partial charge in [0.05, 0.1) is 6.61 Å². The highest BCUT2D eigenvalue weighted by Gasteiger charge is 2.21. The van der Waals surface area contributed by atoms with Crippen LogP contribution in [-0.4, -0.2) is 35.2 Å². The second-order valence-corrected chi connectivity index (χ2v) is 10.4. The molecule has 0 aliphatic rings. The SMILES string of the molecule is CCCc1ccc(OCCCc2ccc(O)c([C@H](CCN(C(C)C)C(C)C)c3ccccc3)c2)cc1. The molecule has 0 fully saturated rings. The van der Waals surface area contributed by atoms with Gasteiger partial charge in [-0.05, 0) is 94.8 Å². The number of hydrogen-bond donors (Lipinski definition) is 1. The normalized spacial score (nSPS) is 12.4. The summed E-state index contributed by atoms with van der Waals surface area (Å²) in [6.45, 7) is 12.9. The van der Waals surface area contributed by atoms with Gasteiger partial charge in [0.25, 0.3) is 0 Å². The minimum absolute atomic E-state index is 0.157. The van der Waals surface area contributed by atoms with E-state index in [1.165, 1.54) is 16.7 Å². The van der Waals surface area contributed by atoms with Gasteiger partial charge < -0.3 is 9.84 Å². The topological polar surface area (TPSA) is 32.7 Å². The van der Waals surface area contributed by atoms with Crippen molar-refractivity contribution in [2.45, 2.75) is 84.7 Å². The summed E-state index contributed by atoms with van der Waals surface area (Å²) in [6, 6.07) is 26.2. The number of phenolic OH excluding ortho intramolecular Hbond substituents is 1. The van der Waals surface area contributed by atoms with E-state index in [9.17, 15) is 5.11 Å². The lowest BCUT2D eigenvalue weighted by atomic mass is 9.86. The van der Waals surface area contributed by atoms with Gasteiger partial charge in [0.15, 0.2) is 0 Å². The zero-order valence-corrected chi connectivity index (χ0v) is 22.9. The molecule has 0 aromatic heterocycles. The third-order valence-corrected chi connectivity index (χ3v) is 7.01. The van der Waals surface area contributed by atoms with Gasteiger partial charge in [0.1, 0.15) is 11.5 Å². The third kappa shape index (κ3) is 8.13. The van der Waals surface area contributed by atoms with E-state index in [4.69, 9.17) is 4.74 Å². The Hall–Kier alpha value is -2.78. The third-order valence-electron chi connectivity index (χ3n) is 7.01. The van der Waals surface area contributed by atoms with E-state index in [0.717, 1.165) is 50.0 Å². The Kier molecular flexibility index (Phi) is 10.9. The number of nitrogens with zero attached hydrogens (tertiary/aromatic N) is 1. The van der Waals surface area contributed by atoms with Gasteiger partial charge >= 0.3 is 0 Å². The van der Waals surface area contributed by atoms with Crippen molar-refractivity contribution in [1.29, 1.82) is 0 Å². The molecule has 3 aromatic carbocycles. The molecule has 1 N–H and O–H groups in total. The molecule has 0 saturated carbocycles. The Labute approximate surface area is 219 Å². The van der Waals surface area contributed by atoms with Crippen molar-refractivity contribution in [2.75, 3.05) is 13.2 Å². The summed E-state index contributed by atoms with van der Waals surface area (Å²) < 4.78 is 5.99. The fraction of sp³-hybridized carbons (Fsp3) is 0.455. The Morgan fingerprint density at radius 3 is 2.11 bits per heavy atom. The molecule has 0 aliphatic carbocycles. The van der Waals surface area contributed by atoms with Gasteiger partial charge in [0, 0.05) is 23.6 Å². The number of phenols is 1. The van der Waals surface area contributed by atoms with E-state index in [2.05, 4.69) is 106 Å². The minimum Gasteiger partial charge on any atom is -0.508 e. The molecular weight excluding hydrogens is 442 g/mol. The number of aryl methyl sites for hydroxylation is 2. The monoisotopic (exact) mass is 487 g/mol. The molecule has 3 heteroatoms. The fourth-order valence-corrected chi connectivity index (χ4v) is 5.12. The highest BCUT2D eigenvalue weighted by Crippen LogP contribution is 2.35. The Morgan fingerprint density at radius 2 is 1.47 bits per heavy atom. The maximum absolute atomic E-state index is 10.9. The second-order valence-electron chi connectivity index (χ2n) is 10.4. The van der Waals surface area contributed by atoms with E-state index in [1.54, 1.807) is 0 Å². The summed E-state index contributed by atoms with van der Waals surface area (Å²) in [5.41, 5.74) is 4.89. The molecule has 0 radical (unpaired) electrons. The molecule has 0 spiro atoms. The first-order chi connectivity index (χ1) is 17.4. The molecule has 0 aliphatic heterocycles. The van der Waals surface area contributed by atoms with Crippen LogP contribution >= 0.6 is 0 Å². The Bertz CT molecular complexity index is 1020. The standard InChI is InChI=1S/C33H45NO2/c1-6-11-27-15-18-30(19-16-27)36-23-10-12-28-17-20-33(35)32(24-28)31(29-13-8-7-9-14-29)21-22-34(25(2)3)26(4)5/h7-9,13-20,24-26,31,35H,6,10-12,21-23H2,1-5H3/t31-/m1/s1. The Balaban J connectivity index is 1.68. The van der Waals surface area contributed by atoms with Gasteiger partial charge in [0.2, 0.25) is 0 Å². The average molecular weight is 488 g/mol. The molecule has 1 atom stereocenters. The van der Waals surface area contributed by atoms with Gasteiger partial charge in [-0.3, -0.25) is 4.90 Å². The zero-order chi connectivity index (χ0) is 25.9. The van der Waals surface area contributed by atoms with E-state index in [0.29, 0.717) is 24.4 Å². The van der Waals surface area contributed by atoms with Crippen LogP contribution in [0.4, 0.5) is 0 Å². The van der Waals surface area contributed by atoms with E-state index in [1.807, 2.05) is 6.07 Å². The summed E-state index contributed by atoms with van der Waals surface area (Å²) in [7, 11) is 0. The van der Waals surface area contributed by atoms with Gasteiger partial charge in [-0.15, -0.1) is 0 Å². The zero-order valence-electron chi connectivity index (χ0n) is 22.9. The lowest BCUT2D eigenvalue weighted by molar-refractivity contribution is 0.170. The smallest absolute Gasteiger partial charge is 0.119 e. The number of ether oxygens (including phenoxy) is 1. The summed E-state index contributed by atoms with van der Waals surface area (Å²) in [6.07, 6.45) is 5.10. The predicted molar refractivity (Wildman–Crippen MR) is 152 cm³/mol. The van der Waals surface area contributed by atoms with Crippen LogP contribution in [0.25, 0.3) is 0 Å². The fourth-order valence-electron chi connectivity index (χ4n) is 5.12. The Morgan fingerprint density at radius 1 is 0.806 bits per heavy atom. The first kappa shape index (κ1) is 27.8. The molecule has 0 amide bonds. The summed E-state index contributed by atoms with van der Waals surface area (Å²) in [5, 5.41) is 10.9. The van der Waals surface area contributed by atoms with Gasteiger partial charge in [-0.25, -0.2) is 0 Å². The molecule has 3 nitrogen and oxygen atoms in total. The van der Waals surface area contributed by atoms with Crippen molar-refractivity contribution >= 4 is 0 Å². The number of hydrogen-bond acceptors (Lipinski definition) is 3. The van der Waals surface area contributed by atoms with Crippen molar-refractivity contribution in [3.8, 4) is 11.5 Å². The highest BCUT2D eigenvalue weighted by atomic mass is 16.5. The van der Waals surface area contributed by atoms with Crippen molar-refractivity contribution in [2.24, 2.45) is 0 Å². The first-order valence-electron chi connectivity index (χ1n) is 13.7. The molecule has 0 heterocycles. The van der Waals surface area contributed by atoms with Gasteiger partial charge in [-0.1, -0.05) is 67.9 Å². The molecule has 0 saturated heterocycles. The minimum atomic E-state index is 0.157. The molecule has 0 bridgehead atoms. The lowest BCUT2D eigenvalue weighted by Crippen LogP contribution is -2.38. The maximum atomic E-state index is 10.9. The van der Waals surface area contributed by atoms with Crippen LogP contribution in [-0.2, 0) is 12.8 Å². The van der Waals surface area contributed by atoms with E-state index in [-0.39, 0.29) is 5.92 Å². The molecule has 36 heavy (non-hydrogen) atoms. The predicted octanol–water partition coefficient (Wildman–Crippen LogP) is 8.00. The van der Waals surface area contributed by atoms with Crippen LogP contribution in [0, 0.1) is 0 Å². The molecular formula is C33H45NO2. The summed E-state index contributed by atoms with van der Waals surface area (Å²) in [5.74, 6) is 1.48. The number of aromatic hydroxyl groups is 1. The largest absolute Gasteiger partial charge is 0.508 e. The highest BCUT2D eigenvalue weighted by molar-refractivity contribution is 5.44. The van der Waals surface area contributed by atoms with Crippen LogP contribution in [0.2, 0.25) is 0 Å². The number of rotatable bonds is 14. The maximum Gasteiger partial charge on any atom is 0.119 e. The number of benzene rings is 3. The van der Waals surface area contributed by atoms with Gasteiger partial charge in [-0.2, -0.15) is 0 Å². The van der Waals surface area contributed by atoms with E-state index >= 15 is 0 Å².